The second kappa shape index (κ2) is 6.15. The molecule has 0 saturated carbocycles. The van der Waals surface area contributed by atoms with Crippen molar-refractivity contribution >= 4 is 6.72 Å². The molecule has 1 nitrogen and oxygen atoms in total. The highest BCUT2D eigenvalue weighted by Crippen LogP contribution is 1.75. The lowest BCUT2D eigenvalue weighted by atomic mass is 10.4. The minimum absolute atomic E-state index is 0.713. The third-order valence-corrected chi connectivity index (χ3v) is 0.674. The Bertz CT molecular complexity index is 101. The molecule has 0 spiro atoms. The van der Waals surface area contributed by atoms with Crippen LogP contribution < -0.4 is 0 Å². The molecule has 0 aromatic rings. The molecule has 0 radical (unpaired) electrons. The van der Waals surface area contributed by atoms with E-state index in [1.54, 1.807) is 0 Å². The highest BCUT2D eigenvalue weighted by molar-refractivity contribution is 5.24. The first-order valence-electron chi connectivity index (χ1n) is 2.62. The fraction of sp³-hybridized carbons (Fsp3) is 0.286. The van der Waals surface area contributed by atoms with Crippen LogP contribution in [-0.4, -0.2) is 13.3 Å². The van der Waals surface area contributed by atoms with E-state index in [1.165, 1.54) is 0 Å². The Hall–Kier alpha value is -0.850. The average Bonchev–Trinajstić information content (AvgIpc) is 1.81. The Morgan fingerprint density at radius 2 is 2.25 bits per heavy atom. The topological polar surface area (TPSA) is 12.4 Å². The lowest BCUT2D eigenvalue weighted by Gasteiger charge is -1.74. The Kier molecular flexibility index (Phi) is 5.50. The van der Waals surface area contributed by atoms with Crippen LogP contribution in [0.4, 0.5) is 0 Å². The van der Waals surface area contributed by atoms with Gasteiger partial charge in [-0.25, -0.2) is 0 Å². The van der Waals surface area contributed by atoms with Crippen molar-refractivity contribution in [3.8, 4) is 0 Å². The molecule has 0 rings (SSSR count). The zero-order valence-corrected chi connectivity index (χ0v) is 5.17. The predicted molar refractivity (Wildman–Crippen MR) is 38.4 cm³/mol. The van der Waals surface area contributed by atoms with Crippen LogP contribution in [0.1, 0.15) is 6.92 Å². The van der Waals surface area contributed by atoms with Crippen molar-refractivity contribution in [3.63, 3.8) is 0 Å². The fourth-order valence-corrected chi connectivity index (χ4v) is 0.325. The van der Waals surface area contributed by atoms with E-state index in [2.05, 4.69) is 11.7 Å². The molecule has 0 atom stereocenters. The first-order valence-corrected chi connectivity index (χ1v) is 2.62. The third-order valence-electron chi connectivity index (χ3n) is 0.674. The van der Waals surface area contributed by atoms with Gasteiger partial charge < -0.3 is 0 Å². The maximum Gasteiger partial charge on any atom is 0.0566 e. The van der Waals surface area contributed by atoms with Crippen molar-refractivity contribution in [2.75, 3.05) is 6.54 Å². The molecule has 0 aliphatic carbocycles. The van der Waals surface area contributed by atoms with Crippen molar-refractivity contribution < 1.29 is 0 Å². The van der Waals surface area contributed by atoms with Gasteiger partial charge in [-0.1, -0.05) is 24.3 Å². The second-order valence-corrected chi connectivity index (χ2v) is 1.36. The van der Waals surface area contributed by atoms with E-state index in [1.807, 2.05) is 31.2 Å². The zero-order chi connectivity index (χ0) is 6.24. The summed E-state index contributed by atoms with van der Waals surface area (Å²) in [5, 5.41) is 0. The van der Waals surface area contributed by atoms with Gasteiger partial charge in [-0.05, 0) is 13.6 Å². The lowest BCUT2D eigenvalue weighted by molar-refractivity contribution is 1.27. The van der Waals surface area contributed by atoms with Gasteiger partial charge in [-0.15, -0.1) is 0 Å². The van der Waals surface area contributed by atoms with E-state index in [0.717, 1.165) is 0 Å². The van der Waals surface area contributed by atoms with Gasteiger partial charge in [0.15, 0.2) is 0 Å². The first kappa shape index (κ1) is 7.15. The zero-order valence-electron chi connectivity index (χ0n) is 5.17. The van der Waals surface area contributed by atoms with E-state index < -0.39 is 0 Å². The summed E-state index contributed by atoms with van der Waals surface area (Å²) >= 11 is 0. The van der Waals surface area contributed by atoms with E-state index >= 15 is 0 Å². The van der Waals surface area contributed by atoms with Gasteiger partial charge in [-0.3, -0.25) is 4.99 Å². The molecule has 1 heteroatoms. The molecule has 44 valence electrons. The van der Waals surface area contributed by atoms with Crippen LogP contribution in [0.3, 0.4) is 0 Å². The Morgan fingerprint density at radius 3 is 2.75 bits per heavy atom. The largest absolute Gasteiger partial charge is 0.297 e. The van der Waals surface area contributed by atoms with Crippen molar-refractivity contribution in [2.24, 2.45) is 4.99 Å². The maximum absolute atomic E-state index is 3.64. The van der Waals surface area contributed by atoms with Crippen molar-refractivity contribution in [2.45, 2.75) is 6.92 Å². The number of aliphatic imine (C=N–C) groups is 1. The van der Waals surface area contributed by atoms with Crippen LogP contribution >= 0.6 is 0 Å². The van der Waals surface area contributed by atoms with Crippen molar-refractivity contribution in [3.05, 3.63) is 24.3 Å². The summed E-state index contributed by atoms with van der Waals surface area (Å²) in [6.45, 7) is 6.02. The van der Waals surface area contributed by atoms with Crippen LogP contribution in [0, 0.1) is 0 Å². The SMILES string of the molecule is C=NC/C=C/C=C/C. The monoisotopic (exact) mass is 109 g/mol. The number of hydrogen-bond acceptors (Lipinski definition) is 1. The molecule has 0 fully saturated rings. The van der Waals surface area contributed by atoms with Gasteiger partial charge in [0, 0.05) is 0 Å². The Morgan fingerprint density at radius 1 is 1.50 bits per heavy atom. The van der Waals surface area contributed by atoms with E-state index in [4.69, 9.17) is 0 Å². The van der Waals surface area contributed by atoms with E-state index in [0.29, 0.717) is 6.54 Å². The van der Waals surface area contributed by atoms with Crippen LogP contribution in [0.5, 0.6) is 0 Å². The lowest BCUT2D eigenvalue weighted by Crippen LogP contribution is -1.64. The minimum Gasteiger partial charge on any atom is -0.297 e. The second-order valence-electron chi connectivity index (χ2n) is 1.36. The van der Waals surface area contributed by atoms with E-state index in [9.17, 15) is 0 Å². The minimum atomic E-state index is 0.713. The molecule has 0 amide bonds. The molecule has 0 saturated heterocycles. The Labute approximate surface area is 50.4 Å². The molecule has 0 aromatic heterocycles. The predicted octanol–water partition coefficient (Wildman–Crippen LogP) is 1.82. The van der Waals surface area contributed by atoms with Crippen LogP contribution in [0.2, 0.25) is 0 Å². The van der Waals surface area contributed by atoms with E-state index in [-0.39, 0.29) is 0 Å². The number of hydrogen-bond donors (Lipinski definition) is 0. The third kappa shape index (κ3) is 5.15. The summed E-state index contributed by atoms with van der Waals surface area (Å²) in [6, 6.07) is 0. The molecule has 0 aromatic carbocycles. The summed E-state index contributed by atoms with van der Waals surface area (Å²) in [6.07, 6.45) is 7.84. The standard InChI is InChI=1S/C7H11N/c1-3-4-5-6-7-8-2/h3-6H,2,7H2,1H3/b4-3+,6-5+. The van der Waals surface area contributed by atoms with Gasteiger partial charge in [0.1, 0.15) is 0 Å². The summed E-state index contributed by atoms with van der Waals surface area (Å²) in [5.41, 5.74) is 0. The molecule has 0 aliphatic rings. The number of rotatable bonds is 3. The maximum atomic E-state index is 3.64. The summed E-state index contributed by atoms with van der Waals surface area (Å²) in [4.78, 5) is 3.64. The van der Waals surface area contributed by atoms with Gasteiger partial charge in [0.2, 0.25) is 0 Å². The van der Waals surface area contributed by atoms with Gasteiger partial charge in [-0.2, -0.15) is 0 Å². The highest BCUT2D eigenvalue weighted by Gasteiger charge is 1.61. The normalized spacial score (nSPS) is 11.1. The molecule has 0 aliphatic heterocycles. The number of allylic oxidation sites excluding steroid dienone is 3. The summed E-state index contributed by atoms with van der Waals surface area (Å²) < 4.78 is 0. The van der Waals surface area contributed by atoms with Gasteiger partial charge in [0.05, 0.1) is 6.54 Å². The number of nitrogens with zero attached hydrogens (tertiary/aromatic N) is 1. The van der Waals surface area contributed by atoms with Gasteiger partial charge >= 0.3 is 0 Å². The quantitative estimate of drug-likeness (QED) is 0.387. The Balaban J connectivity index is 3.19. The van der Waals surface area contributed by atoms with Gasteiger partial charge in [0.25, 0.3) is 0 Å². The smallest absolute Gasteiger partial charge is 0.0566 e. The molecule has 0 unspecified atom stereocenters. The first-order chi connectivity index (χ1) is 3.91. The molecule has 0 heterocycles. The molecule has 0 N–H and O–H groups in total. The summed E-state index contributed by atoms with van der Waals surface area (Å²) in [7, 11) is 0. The van der Waals surface area contributed by atoms with Crippen LogP contribution in [-0.2, 0) is 0 Å². The fourth-order valence-electron chi connectivity index (χ4n) is 0.325. The highest BCUT2D eigenvalue weighted by atomic mass is 14.6. The van der Waals surface area contributed by atoms with Crippen molar-refractivity contribution in [1.82, 2.24) is 0 Å². The van der Waals surface area contributed by atoms with Crippen molar-refractivity contribution in [1.29, 1.82) is 0 Å². The van der Waals surface area contributed by atoms with Crippen LogP contribution in [0.25, 0.3) is 0 Å². The average molecular weight is 109 g/mol. The summed E-state index contributed by atoms with van der Waals surface area (Å²) in [5.74, 6) is 0. The molecule has 0 bridgehead atoms. The molecule has 8 heavy (non-hydrogen) atoms. The molecular formula is C7H11N. The molecular weight excluding hydrogens is 98.1 g/mol. The van der Waals surface area contributed by atoms with Crippen LogP contribution in [0.15, 0.2) is 29.3 Å².